The van der Waals surface area contributed by atoms with E-state index in [1.165, 1.54) is 7.11 Å². The van der Waals surface area contributed by atoms with Gasteiger partial charge in [-0.25, -0.2) is 9.24 Å². The van der Waals surface area contributed by atoms with E-state index in [1.54, 1.807) is 0 Å². The molecule has 80 valence electrons. The Bertz CT molecular complexity index is 401. The standard InChI is InChI=1S/C9H6F3NO2/c1-13-8-6(10)3-5(15-9(11)12)4-7(8)14-2/h3-4,9H,2H3. The van der Waals surface area contributed by atoms with E-state index in [4.69, 9.17) is 6.57 Å². The van der Waals surface area contributed by atoms with Crippen molar-refractivity contribution < 1.29 is 22.6 Å². The average molecular weight is 217 g/mol. The Hall–Kier alpha value is -1.90. The molecule has 0 saturated heterocycles. The molecule has 3 nitrogen and oxygen atoms in total. The van der Waals surface area contributed by atoms with Gasteiger partial charge in [-0.15, -0.1) is 0 Å². The number of hydrogen-bond acceptors (Lipinski definition) is 2. The number of benzene rings is 1. The normalized spacial score (nSPS) is 9.87. The van der Waals surface area contributed by atoms with Crippen LogP contribution < -0.4 is 9.47 Å². The third kappa shape index (κ3) is 2.53. The molecule has 0 N–H and O–H groups in total. The number of alkyl halides is 2. The van der Waals surface area contributed by atoms with Crippen LogP contribution in [0.5, 0.6) is 11.5 Å². The second-order valence-electron chi connectivity index (χ2n) is 2.45. The predicted octanol–water partition coefficient (Wildman–Crippen LogP) is 2.99. The van der Waals surface area contributed by atoms with Gasteiger partial charge in [0.2, 0.25) is 0 Å². The average Bonchev–Trinajstić information content (AvgIpc) is 2.15. The largest absolute Gasteiger partial charge is 0.508 e. The maximum atomic E-state index is 13.1. The number of halogens is 3. The zero-order valence-corrected chi connectivity index (χ0v) is 7.63. The van der Waals surface area contributed by atoms with Gasteiger partial charge in [0.1, 0.15) is 17.3 Å². The summed E-state index contributed by atoms with van der Waals surface area (Å²) in [7, 11) is 1.20. The Morgan fingerprint density at radius 3 is 2.53 bits per heavy atom. The maximum absolute atomic E-state index is 13.1. The lowest BCUT2D eigenvalue weighted by molar-refractivity contribution is -0.0500. The van der Waals surface area contributed by atoms with Crippen LogP contribution in [0.3, 0.4) is 0 Å². The van der Waals surface area contributed by atoms with Crippen molar-refractivity contribution in [2.45, 2.75) is 6.61 Å². The second kappa shape index (κ2) is 4.55. The summed E-state index contributed by atoms with van der Waals surface area (Å²) in [6.45, 7) is 3.61. The highest BCUT2D eigenvalue weighted by molar-refractivity contribution is 5.61. The third-order valence-corrected chi connectivity index (χ3v) is 1.56. The Morgan fingerprint density at radius 1 is 1.40 bits per heavy atom. The van der Waals surface area contributed by atoms with E-state index in [-0.39, 0.29) is 17.2 Å². The topological polar surface area (TPSA) is 22.8 Å². The monoisotopic (exact) mass is 217 g/mol. The number of hydrogen-bond donors (Lipinski definition) is 0. The fourth-order valence-electron chi connectivity index (χ4n) is 0.985. The zero-order chi connectivity index (χ0) is 11.4. The van der Waals surface area contributed by atoms with Crippen LogP contribution in [0.15, 0.2) is 12.1 Å². The summed E-state index contributed by atoms with van der Waals surface area (Å²) in [5.74, 6) is -1.48. The number of rotatable bonds is 3. The van der Waals surface area contributed by atoms with Crippen molar-refractivity contribution in [1.82, 2.24) is 0 Å². The first-order valence-electron chi connectivity index (χ1n) is 3.78. The van der Waals surface area contributed by atoms with E-state index in [0.29, 0.717) is 6.07 Å². The van der Waals surface area contributed by atoms with Gasteiger partial charge in [0, 0.05) is 12.1 Å². The van der Waals surface area contributed by atoms with E-state index < -0.39 is 12.4 Å². The van der Waals surface area contributed by atoms with Crippen LogP contribution >= 0.6 is 0 Å². The first kappa shape index (κ1) is 11.2. The SMILES string of the molecule is [C-]#[N+]c1c(F)cc(OC(F)F)cc1OC. The number of nitrogens with zero attached hydrogens (tertiary/aromatic N) is 1. The molecular weight excluding hydrogens is 211 g/mol. The number of methoxy groups -OCH3 is 1. The Kier molecular flexibility index (Phi) is 3.39. The smallest absolute Gasteiger partial charge is 0.387 e. The molecule has 0 aliphatic rings. The summed E-state index contributed by atoms with van der Waals surface area (Å²) in [5.41, 5.74) is -0.362. The Morgan fingerprint density at radius 2 is 2.07 bits per heavy atom. The minimum Gasteiger partial charge on any atom is -0.508 e. The predicted molar refractivity (Wildman–Crippen MR) is 45.8 cm³/mol. The minimum absolute atomic E-state index is 0.138. The molecule has 0 aliphatic heterocycles. The van der Waals surface area contributed by atoms with E-state index >= 15 is 0 Å². The van der Waals surface area contributed by atoms with Gasteiger partial charge in [0.05, 0.1) is 13.7 Å². The molecule has 0 bridgehead atoms. The molecule has 0 unspecified atom stereocenters. The molecule has 0 saturated carbocycles. The molecule has 1 aromatic rings. The molecule has 1 rings (SSSR count). The van der Waals surface area contributed by atoms with Crippen LogP contribution in [0.1, 0.15) is 0 Å². The van der Waals surface area contributed by atoms with Crippen LogP contribution in [-0.4, -0.2) is 13.7 Å². The second-order valence-corrected chi connectivity index (χ2v) is 2.45. The van der Waals surface area contributed by atoms with Crippen molar-refractivity contribution in [3.8, 4) is 11.5 Å². The van der Waals surface area contributed by atoms with Crippen molar-refractivity contribution in [3.63, 3.8) is 0 Å². The van der Waals surface area contributed by atoms with Crippen molar-refractivity contribution >= 4 is 5.69 Å². The molecule has 0 spiro atoms. The molecule has 1 aromatic carbocycles. The first-order chi connectivity index (χ1) is 7.08. The fraction of sp³-hybridized carbons (Fsp3) is 0.222. The molecule has 0 aliphatic carbocycles. The van der Waals surface area contributed by atoms with Crippen LogP contribution in [-0.2, 0) is 0 Å². The molecular formula is C9H6F3NO2. The van der Waals surface area contributed by atoms with E-state index in [9.17, 15) is 13.2 Å². The van der Waals surface area contributed by atoms with Gasteiger partial charge in [-0.1, -0.05) is 0 Å². The highest BCUT2D eigenvalue weighted by atomic mass is 19.3. The lowest BCUT2D eigenvalue weighted by Crippen LogP contribution is -2.02. The molecule has 0 atom stereocenters. The number of ether oxygens (including phenoxy) is 2. The van der Waals surface area contributed by atoms with E-state index in [0.717, 1.165) is 6.07 Å². The Balaban J connectivity index is 3.15. The molecule has 0 fully saturated rings. The van der Waals surface area contributed by atoms with Gasteiger partial charge >= 0.3 is 6.61 Å². The lowest BCUT2D eigenvalue weighted by Gasteiger charge is -2.08. The fourth-order valence-corrected chi connectivity index (χ4v) is 0.985. The van der Waals surface area contributed by atoms with Gasteiger partial charge < -0.3 is 9.47 Å². The van der Waals surface area contributed by atoms with E-state index in [2.05, 4.69) is 14.3 Å². The molecule has 0 radical (unpaired) electrons. The minimum atomic E-state index is -3.05. The summed E-state index contributed by atoms with van der Waals surface area (Å²) in [5, 5.41) is 0. The highest BCUT2D eigenvalue weighted by Gasteiger charge is 2.14. The molecule has 15 heavy (non-hydrogen) atoms. The first-order valence-corrected chi connectivity index (χ1v) is 3.78. The van der Waals surface area contributed by atoms with Gasteiger partial charge in [0.25, 0.3) is 5.69 Å². The Labute approximate surface area is 83.9 Å². The van der Waals surface area contributed by atoms with Crippen molar-refractivity contribution in [3.05, 3.63) is 29.4 Å². The molecule has 0 heterocycles. The summed E-state index contributed by atoms with van der Waals surface area (Å²) >= 11 is 0. The van der Waals surface area contributed by atoms with Crippen LogP contribution in [0, 0.1) is 12.4 Å². The van der Waals surface area contributed by atoms with Crippen LogP contribution in [0.4, 0.5) is 18.9 Å². The summed E-state index contributed by atoms with van der Waals surface area (Å²) < 4.78 is 45.4. The molecule has 0 amide bonds. The lowest BCUT2D eigenvalue weighted by atomic mass is 10.2. The molecule has 0 aromatic heterocycles. The quantitative estimate of drug-likeness (QED) is 0.726. The van der Waals surface area contributed by atoms with Crippen LogP contribution in [0.25, 0.3) is 4.85 Å². The summed E-state index contributed by atoms with van der Waals surface area (Å²) in [4.78, 5) is 2.87. The van der Waals surface area contributed by atoms with Crippen molar-refractivity contribution in [2.24, 2.45) is 0 Å². The van der Waals surface area contributed by atoms with Crippen LogP contribution in [0.2, 0.25) is 0 Å². The van der Waals surface area contributed by atoms with Gasteiger partial charge in [-0.2, -0.15) is 8.78 Å². The van der Waals surface area contributed by atoms with Crippen molar-refractivity contribution in [1.29, 1.82) is 0 Å². The van der Waals surface area contributed by atoms with E-state index in [1.807, 2.05) is 0 Å². The zero-order valence-electron chi connectivity index (χ0n) is 7.63. The van der Waals surface area contributed by atoms with Gasteiger partial charge in [-0.05, 0) is 0 Å². The van der Waals surface area contributed by atoms with Crippen molar-refractivity contribution in [2.75, 3.05) is 7.11 Å². The summed E-state index contributed by atoms with van der Waals surface area (Å²) in [6.07, 6.45) is 0. The highest BCUT2D eigenvalue weighted by Crippen LogP contribution is 2.35. The van der Waals surface area contributed by atoms with Gasteiger partial charge in [0.15, 0.2) is 0 Å². The third-order valence-electron chi connectivity index (χ3n) is 1.56. The maximum Gasteiger partial charge on any atom is 0.387 e. The van der Waals surface area contributed by atoms with Gasteiger partial charge in [-0.3, -0.25) is 0 Å². The summed E-state index contributed by atoms with van der Waals surface area (Å²) in [6, 6.07) is 1.74. The molecule has 6 heteroatoms.